The van der Waals surface area contributed by atoms with Crippen molar-refractivity contribution in [3.05, 3.63) is 35.4 Å². The van der Waals surface area contributed by atoms with Crippen LogP contribution < -0.4 is 5.73 Å². The number of hydrogen-bond donors (Lipinski definition) is 2. The molecule has 0 heterocycles. The summed E-state index contributed by atoms with van der Waals surface area (Å²) in [5, 5.41) is 9.12. The SMILES string of the molecule is [2H]c1c(CN)cccc1C(=O)N(CC(=O)O)C1CCCCC1. The Balaban J connectivity index is 2.30. The molecule has 1 aromatic carbocycles. The molecule has 21 heavy (non-hydrogen) atoms. The Kier molecular flexibility index (Phi) is 4.84. The molecule has 1 aliphatic carbocycles. The molecular weight excluding hydrogens is 268 g/mol. The number of carboxylic acid groups (broad SMARTS) is 1. The lowest BCUT2D eigenvalue weighted by Gasteiger charge is -2.33. The highest BCUT2D eigenvalue weighted by atomic mass is 16.4. The number of carbonyl (C=O) groups excluding carboxylic acids is 1. The van der Waals surface area contributed by atoms with Gasteiger partial charge in [-0.2, -0.15) is 0 Å². The third kappa shape index (κ3) is 4.04. The van der Waals surface area contributed by atoms with Crippen LogP contribution in [0, 0.1) is 0 Å². The third-order valence-electron chi connectivity index (χ3n) is 3.89. The molecule has 3 N–H and O–H groups in total. The van der Waals surface area contributed by atoms with Crippen molar-refractivity contribution in [2.45, 2.75) is 44.7 Å². The van der Waals surface area contributed by atoms with Crippen molar-refractivity contribution in [2.24, 2.45) is 5.73 Å². The molecule has 1 aromatic rings. The molecule has 0 atom stereocenters. The maximum atomic E-state index is 12.8. The smallest absolute Gasteiger partial charge is 0.323 e. The van der Waals surface area contributed by atoms with Gasteiger partial charge in [0.05, 0.1) is 1.37 Å². The number of rotatable bonds is 5. The van der Waals surface area contributed by atoms with Crippen molar-refractivity contribution in [3.63, 3.8) is 0 Å². The molecule has 0 aromatic heterocycles. The predicted octanol–water partition coefficient (Wildman–Crippen LogP) is 2.00. The van der Waals surface area contributed by atoms with Crippen molar-refractivity contribution in [1.82, 2.24) is 4.90 Å². The first-order chi connectivity index (χ1) is 10.5. The van der Waals surface area contributed by atoms with Gasteiger partial charge in [0.15, 0.2) is 0 Å². The number of hydrogen-bond acceptors (Lipinski definition) is 3. The van der Waals surface area contributed by atoms with Crippen LogP contribution in [0.1, 0.15) is 49.4 Å². The summed E-state index contributed by atoms with van der Waals surface area (Å²) in [5.41, 5.74) is 6.40. The maximum Gasteiger partial charge on any atom is 0.323 e. The van der Waals surface area contributed by atoms with Gasteiger partial charge in [-0.15, -0.1) is 0 Å². The molecule has 0 spiro atoms. The van der Waals surface area contributed by atoms with Gasteiger partial charge in [-0.1, -0.05) is 31.4 Å². The highest BCUT2D eigenvalue weighted by molar-refractivity contribution is 5.96. The topological polar surface area (TPSA) is 83.6 Å². The molecule has 1 saturated carbocycles. The van der Waals surface area contributed by atoms with Gasteiger partial charge >= 0.3 is 5.97 Å². The van der Waals surface area contributed by atoms with Gasteiger partial charge in [0.1, 0.15) is 6.54 Å². The fraction of sp³-hybridized carbons (Fsp3) is 0.500. The monoisotopic (exact) mass is 291 g/mol. The summed E-state index contributed by atoms with van der Waals surface area (Å²) in [6.45, 7) is -0.141. The summed E-state index contributed by atoms with van der Waals surface area (Å²) in [7, 11) is 0. The molecule has 0 saturated heterocycles. The van der Waals surface area contributed by atoms with Gasteiger partial charge in [0.25, 0.3) is 5.91 Å². The van der Waals surface area contributed by atoms with Crippen LogP contribution in [0.15, 0.2) is 24.2 Å². The number of aliphatic carboxylic acids is 1. The van der Waals surface area contributed by atoms with E-state index in [0.717, 1.165) is 32.1 Å². The standard InChI is InChI=1S/C16H22N2O3/c17-10-12-5-4-6-13(9-12)16(21)18(11-15(19)20)14-7-2-1-3-8-14/h4-6,9,14H,1-3,7-8,10-11,17H2,(H,19,20)/i9D. The predicted molar refractivity (Wildman–Crippen MR) is 79.9 cm³/mol. The minimum absolute atomic E-state index is 0.0571. The van der Waals surface area contributed by atoms with Crippen LogP contribution in [0.3, 0.4) is 0 Å². The molecule has 0 unspecified atom stereocenters. The normalized spacial score (nSPS) is 16.3. The second-order valence-corrected chi connectivity index (χ2v) is 5.41. The number of amides is 1. The van der Waals surface area contributed by atoms with Gasteiger partial charge in [-0.25, -0.2) is 0 Å². The zero-order valence-corrected chi connectivity index (χ0v) is 12.0. The van der Waals surface area contributed by atoms with Crippen molar-refractivity contribution < 1.29 is 16.1 Å². The van der Waals surface area contributed by atoms with E-state index >= 15 is 0 Å². The van der Waals surface area contributed by atoms with Crippen LogP contribution >= 0.6 is 0 Å². The average molecular weight is 291 g/mol. The minimum atomic E-state index is -1.03. The van der Waals surface area contributed by atoms with E-state index in [2.05, 4.69) is 0 Å². The van der Waals surface area contributed by atoms with Crippen LogP contribution in [0.4, 0.5) is 0 Å². The van der Waals surface area contributed by atoms with E-state index in [-0.39, 0.29) is 36.6 Å². The zero-order chi connectivity index (χ0) is 16.1. The van der Waals surface area contributed by atoms with Gasteiger partial charge in [0.2, 0.25) is 0 Å². The van der Waals surface area contributed by atoms with Crippen LogP contribution in [0.2, 0.25) is 0 Å². The second kappa shape index (κ2) is 7.22. The highest BCUT2D eigenvalue weighted by Crippen LogP contribution is 2.24. The number of nitrogens with two attached hydrogens (primary N) is 1. The van der Waals surface area contributed by atoms with Crippen molar-refractivity contribution in [3.8, 4) is 0 Å². The molecule has 5 nitrogen and oxygen atoms in total. The van der Waals surface area contributed by atoms with Crippen molar-refractivity contribution in [1.29, 1.82) is 0 Å². The van der Waals surface area contributed by atoms with Gasteiger partial charge in [-0.05, 0) is 30.5 Å². The van der Waals surface area contributed by atoms with E-state index in [0.29, 0.717) is 5.56 Å². The molecule has 1 aliphatic rings. The number of nitrogens with zero attached hydrogens (tertiary/aromatic N) is 1. The summed E-state index contributed by atoms with van der Waals surface area (Å²) in [6, 6.07) is 5.01. The molecule has 2 rings (SSSR count). The summed E-state index contributed by atoms with van der Waals surface area (Å²) in [6.07, 6.45) is 4.78. The first-order valence-corrected chi connectivity index (χ1v) is 7.36. The van der Waals surface area contributed by atoms with E-state index in [1.807, 2.05) is 0 Å². The van der Waals surface area contributed by atoms with Crippen LogP contribution in [-0.2, 0) is 11.3 Å². The molecular formula is C16H22N2O3. The third-order valence-corrected chi connectivity index (χ3v) is 3.89. The van der Waals surface area contributed by atoms with Gasteiger partial charge in [-0.3, -0.25) is 9.59 Å². The zero-order valence-electron chi connectivity index (χ0n) is 13.0. The molecule has 0 aliphatic heterocycles. The molecule has 5 heteroatoms. The first kappa shape index (κ1) is 14.1. The second-order valence-electron chi connectivity index (χ2n) is 5.41. The van der Waals surface area contributed by atoms with Crippen LogP contribution in [-0.4, -0.2) is 34.5 Å². The van der Waals surface area contributed by atoms with Gasteiger partial charge in [0, 0.05) is 18.2 Å². The Morgan fingerprint density at radius 2 is 2.05 bits per heavy atom. The highest BCUT2D eigenvalue weighted by Gasteiger charge is 2.28. The number of benzene rings is 1. The largest absolute Gasteiger partial charge is 0.480 e. The summed E-state index contributed by atoms with van der Waals surface area (Å²) in [5.74, 6) is -1.41. The Bertz CT molecular complexity index is 556. The lowest BCUT2D eigenvalue weighted by Crippen LogP contribution is -2.44. The van der Waals surface area contributed by atoms with Gasteiger partial charge < -0.3 is 15.7 Å². The Morgan fingerprint density at radius 1 is 1.33 bits per heavy atom. The van der Waals surface area contributed by atoms with Crippen molar-refractivity contribution in [2.75, 3.05) is 6.54 Å². The molecule has 1 fully saturated rings. The van der Waals surface area contributed by atoms with E-state index in [1.165, 1.54) is 4.90 Å². The maximum absolute atomic E-state index is 12.8. The van der Waals surface area contributed by atoms with E-state index in [1.54, 1.807) is 18.2 Å². The molecule has 114 valence electrons. The Labute approximate surface area is 126 Å². The fourth-order valence-corrected chi connectivity index (χ4v) is 2.82. The summed E-state index contributed by atoms with van der Waals surface area (Å²) >= 11 is 0. The molecule has 0 radical (unpaired) electrons. The lowest BCUT2D eigenvalue weighted by atomic mass is 9.93. The fourth-order valence-electron chi connectivity index (χ4n) is 2.82. The minimum Gasteiger partial charge on any atom is -0.480 e. The Morgan fingerprint density at radius 3 is 2.67 bits per heavy atom. The first-order valence-electron chi connectivity index (χ1n) is 7.86. The number of carboxylic acids is 1. The average Bonchev–Trinajstić information content (AvgIpc) is 2.53. The van der Waals surface area contributed by atoms with Crippen LogP contribution in [0.5, 0.6) is 0 Å². The Hall–Kier alpha value is -1.88. The molecule has 1 amide bonds. The van der Waals surface area contributed by atoms with E-state index < -0.39 is 5.97 Å². The van der Waals surface area contributed by atoms with E-state index in [9.17, 15) is 9.59 Å². The molecule has 0 bridgehead atoms. The number of carbonyl (C=O) groups is 2. The lowest BCUT2D eigenvalue weighted by molar-refractivity contribution is -0.138. The van der Waals surface area contributed by atoms with E-state index in [4.69, 9.17) is 12.2 Å². The van der Waals surface area contributed by atoms with Crippen LogP contribution in [0.25, 0.3) is 0 Å². The van der Waals surface area contributed by atoms with Crippen molar-refractivity contribution >= 4 is 11.9 Å². The quantitative estimate of drug-likeness (QED) is 0.869. The summed E-state index contributed by atoms with van der Waals surface area (Å²) in [4.78, 5) is 25.3. The summed E-state index contributed by atoms with van der Waals surface area (Å²) < 4.78 is 8.09.